The minimum atomic E-state index is -1.10. The van der Waals surface area contributed by atoms with E-state index in [9.17, 15) is 19.7 Å². The van der Waals surface area contributed by atoms with Gasteiger partial charge in [0.1, 0.15) is 23.5 Å². The molecule has 0 aliphatic carbocycles. The highest BCUT2D eigenvalue weighted by Crippen LogP contribution is 2.48. The normalized spacial score (nSPS) is 20.7. The number of carbonyl (C=O) groups excluding carboxylic acids is 2. The first-order chi connectivity index (χ1) is 18.3. The van der Waals surface area contributed by atoms with Crippen molar-refractivity contribution in [1.82, 2.24) is 0 Å². The van der Waals surface area contributed by atoms with Gasteiger partial charge in [-0.1, -0.05) is 41.4 Å². The maximum atomic E-state index is 13.7. The number of imide groups is 1. The fraction of sp³-hybridized carbons (Fsp3) is 0.111. The number of hydrogen-bond acceptors (Lipinski definition) is 7. The summed E-state index contributed by atoms with van der Waals surface area (Å²) in [6, 6.07) is 22.0. The maximum Gasteiger partial charge on any atom is 0.281 e. The third-order valence-electron chi connectivity index (χ3n) is 6.55. The number of carbonyl (C=O) groups is 2. The van der Waals surface area contributed by atoms with Crippen molar-refractivity contribution < 1.29 is 23.8 Å². The highest BCUT2D eigenvalue weighted by atomic mass is 35.5. The summed E-state index contributed by atoms with van der Waals surface area (Å²) in [7, 11) is 0. The number of nitrogens with zero attached hydrogens (tertiary/aromatic N) is 3. The molecule has 3 unspecified atom stereocenters. The molecule has 11 heteroatoms. The molecule has 0 saturated carbocycles. The Morgan fingerprint density at radius 3 is 2.24 bits per heavy atom. The number of fused-ring (bicyclic) bond motifs is 1. The van der Waals surface area contributed by atoms with Crippen LogP contribution in [0, 0.1) is 16.0 Å². The van der Waals surface area contributed by atoms with E-state index < -0.39 is 34.8 Å². The lowest BCUT2D eigenvalue weighted by Crippen LogP contribution is -2.37. The zero-order valence-electron chi connectivity index (χ0n) is 19.4. The first kappa shape index (κ1) is 24.2. The molecule has 3 aromatic carbocycles. The van der Waals surface area contributed by atoms with Crippen LogP contribution in [0.2, 0.25) is 10.0 Å². The Morgan fingerprint density at radius 2 is 1.53 bits per heavy atom. The zero-order chi connectivity index (χ0) is 26.6. The van der Waals surface area contributed by atoms with E-state index in [1.165, 1.54) is 23.3 Å². The number of nitro benzene ring substituents is 1. The van der Waals surface area contributed by atoms with Crippen molar-refractivity contribution in [3.8, 4) is 11.3 Å². The van der Waals surface area contributed by atoms with Crippen LogP contribution in [0.4, 0.5) is 17.1 Å². The second kappa shape index (κ2) is 9.29. The lowest BCUT2D eigenvalue weighted by molar-refractivity contribution is -0.384. The largest absolute Gasteiger partial charge is 0.458 e. The summed E-state index contributed by atoms with van der Waals surface area (Å²) in [5.41, 5.74) is 0.995. The number of hydrogen-bond donors (Lipinski definition) is 0. The second-order valence-electron chi connectivity index (χ2n) is 8.77. The van der Waals surface area contributed by atoms with Gasteiger partial charge in [-0.05, 0) is 60.7 Å². The van der Waals surface area contributed by atoms with Crippen LogP contribution in [0.25, 0.3) is 11.3 Å². The van der Waals surface area contributed by atoms with Gasteiger partial charge >= 0.3 is 0 Å². The topological polar surface area (TPSA) is 106 Å². The highest BCUT2D eigenvalue weighted by molar-refractivity contribution is 6.31. The van der Waals surface area contributed by atoms with Gasteiger partial charge < -0.3 is 4.42 Å². The average Bonchev–Trinajstić information content (AvgIpc) is 3.60. The number of amides is 2. The molecule has 6 rings (SSSR count). The Kier molecular flexibility index (Phi) is 5.91. The van der Waals surface area contributed by atoms with Crippen LogP contribution >= 0.6 is 23.2 Å². The van der Waals surface area contributed by atoms with E-state index in [1.54, 1.807) is 60.7 Å². The molecule has 9 nitrogen and oxygen atoms in total. The molecule has 3 atom stereocenters. The molecule has 1 aromatic heterocycles. The van der Waals surface area contributed by atoms with Crippen molar-refractivity contribution in [2.45, 2.75) is 12.1 Å². The summed E-state index contributed by atoms with van der Waals surface area (Å²) in [4.78, 5) is 45.4. The number of furan rings is 1. The van der Waals surface area contributed by atoms with Crippen molar-refractivity contribution in [2.24, 2.45) is 5.92 Å². The van der Waals surface area contributed by atoms with Crippen molar-refractivity contribution in [3.05, 3.63) is 111 Å². The molecule has 2 fully saturated rings. The fourth-order valence-electron chi connectivity index (χ4n) is 4.87. The number of halogens is 2. The Morgan fingerprint density at radius 1 is 0.816 bits per heavy atom. The Bertz CT molecular complexity index is 1570. The molecule has 0 radical (unpaired) electrons. The summed E-state index contributed by atoms with van der Waals surface area (Å²) in [5.74, 6) is -1.38. The van der Waals surface area contributed by atoms with Gasteiger partial charge in [-0.25, -0.2) is 9.96 Å². The molecule has 190 valence electrons. The fourth-order valence-corrected chi connectivity index (χ4v) is 5.16. The first-order valence-corrected chi connectivity index (χ1v) is 12.3. The molecule has 0 bridgehead atoms. The first-order valence-electron chi connectivity index (χ1n) is 11.5. The van der Waals surface area contributed by atoms with Gasteiger partial charge in [0.15, 0.2) is 6.10 Å². The number of rotatable bonds is 5. The predicted molar refractivity (Wildman–Crippen MR) is 140 cm³/mol. The zero-order valence-corrected chi connectivity index (χ0v) is 20.9. The molecule has 2 aliphatic heterocycles. The number of nitro groups is 1. The van der Waals surface area contributed by atoms with E-state index in [1.807, 2.05) is 6.07 Å². The van der Waals surface area contributed by atoms with Gasteiger partial charge in [0.25, 0.3) is 11.6 Å². The summed E-state index contributed by atoms with van der Waals surface area (Å²) in [5, 5.41) is 13.8. The van der Waals surface area contributed by atoms with Crippen molar-refractivity contribution in [1.29, 1.82) is 0 Å². The second-order valence-corrected chi connectivity index (χ2v) is 9.64. The summed E-state index contributed by atoms with van der Waals surface area (Å²) < 4.78 is 6.12. The molecule has 0 N–H and O–H groups in total. The average molecular weight is 550 g/mol. The van der Waals surface area contributed by atoms with Gasteiger partial charge in [-0.15, -0.1) is 0 Å². The molecule has 2 amide bonds. The Hall–Kier alpha value is -4.18. The summed E-state index contributed by atoms with van der Waals surface area (Å²) >= 11 is 12.0. The molecule has 2 saturated heterocycles. The third-order valence-corrected chi connectivity index (χ3v) is 7.04. The van der Waals surface area contributed by atoms with Gasteiger partial charge in [0.2, 0.25) is 5.91 Å². The predicted octanol–water partition coefficient (Wildman–Crippen LogP) is 6.21. The van der Waals surface area contributed by atoms with Crippen molar-refractivity contribution in [3.63, 3.8) is 0 Å². The minimum Gasteiger partial charge on any atom is -0.458 e. The van der Waals surface area contributed by atoms with Crippen LogP contribution in [0.3, 0.4) is 0 Å². The van der Waals surface area contributed by atoms with Crippen molar-refractivity contribution in [2.75, 3.05) is 9.96 Å². The summed E-state index contributed by atoms with van der Waals surface area (Å²) in [6.07, 6.45) is -1.10. The Balaban J connectivity index is 1.43. The molecular weight excluding hydrogens is 533 g/mol. The molecule has 4 aromatic rings. The SMILES string of the molecule is O=C1C2ON(c3ccccc3)C(c3ccc(-c4ccc(Cl)cc4[N+](=O)[O-])o3)C2C(=O)N1c1ccc(Cl)cc1. The van der Waals surface area contributed by atoms with E-state index in [-0.39, 0.29) is 22.0 Å². The monoisotopic (exact) mass is 549 g/mol. The van der Waals surface area contributed by atoms with Crippen LogP contribution < -0.4 is 9.96 Å². The van der Waals surface area contributed by atoms with E-state index in [2.05, 4.69) is 0 Å². The molecular formula is C27H17Cl2N3O6. The smallest absolute Gasteiger partial charge is 0.281 e. The van der Waals surface area contributed by atoms with Crippen LogP contribution in [0.1, 0.15) is 11.8 Å². The number of anilines is 2. The van der Waals surface area contributed by atoms with Crippen LogP contribution in [0.15, 0.2) is 89.3 Å². The van der Waals surface area contributed by atoms with E-state index in [0.29, 0.717) is 22.2 Å². The molecule has 2 aliphatic rings. The van der Waals surface area contributed by atoms with Crippen LogP contribution in [-0.4, -0.2) is 22.8 Å². The van der Waals surface area contributed by atoms with E-state index >= 15 is 0 Å². The molecule has 0 spiro atoms. The number of hydroxylamine groups is 1. The van der Waals surface area contributed by atoms with Gasteiger partial charge in [0.05, 0.1) is 21.9 Å². The lowest BCUT2D eigenvalue weighted by Gasteiger charge is -2.27. The van der Waals surface area contributed by atoms with Gasteiger partial charge in [-0.3, -0.25) is 24.5 Å². The highest BCUT2D eigenvalue weighted by Gasteiger charge is 2.61. The standard InChI is InChI=1S/C27H17Cl2N3O6/c28-15-6-9-17(10-7-15)30-26(33)23-24(31(38-25(23)27(30)34)18-4-2-1-3-5-18)22-13-12-21(37-22)19-11-8-16(29)14-20(19)32(35)36/h1-14,23-25H. The number of para-hydroxylation sites is 1. The summed E-state index contributed by atoms with van der Waals surface area (Å²) in [6.45, 7) is 0. The van der Waals surface area contributed by atoms with Gasteiger partial charge in [0, 0.05) is 16.1 Å². The lowest BCUT2D eigenvalue weighted by atomic mass is 9.94. The Labute approximate surface area is 225 Å². The quantitative estimate of drug-likeness (QED) is 0.165. The molecule has 38 heavy (non-hydrogen) atoms. The van der Waals surface area contributed by atoms with E-state index in [4.69, 9.17) is 32.5 Å². The minimum absolute atomic E-state index is 0.214. The van der Waals surface area contributed by atoms with Crippen LogP contribution in [0.5, 0.6) is 0 Å². The van der Waals surface area contributed by atoms with Crippen LogP contribution in [-0.2, 0) is 14.4 Å². The van der Waals surface area contributed by atoms with Gasteiger partial charge in [-0.2, -0.15) is 0 Å². The third kappa shape index (κ3) is 3.92. The molecule has 3 heterocycles. The maximum absolute atomic E-state index is 13.7. The number of benzene rings is 3. The van der Waals surface area contributed by atoms with Crippen molar-refractivity contribution >= 4 is 52.1 Å². The van der Waals surface area contributed by atoms with E-state index in [0.717, 1.165) is 4.90 Å².